The normalized spacial score (nSPS) is 9.78. The first kappa shape index (κ1) is 13.1. The first-order valence-electron chi connectivity index (χ1n) is 4.38. The summed E-state index contributed by atoms with van der Waals surface area (Å²) >= 11 is 0. The van der Waals surface area contributed by atoms with E-state index in [-0.39, 0.29) is 0 Å². The summed E-state index contributed by atoms with van der Waals surface area (Å²) in [6, 6.07) is -1.13. The van der Waals surface area contributed by atoms with E-state index >= 15 is 0 Å². The third-order valence-electron chi connectivity index (χ3n) is 1.77. The van der Waals surface area contributed by atoms with Gasteiger partial charge in [-0.2, -0.15) is 0 Å². The summed E-state index contributed by atoms with van der Waals surface area (Å²) in [6.45, 7) is -0.695. The van der Waals surface area contributed by atoms with E-state index in [0.717, 1.165) is 0 Å². The minimum absolute atomic E-state index is 0.567. The molecule has 0 unspecified atom stereocenters. The van der Waals surface area contributed by atoms with Gasteiger partial charge in [-0.05, 0) is 0 Å². The van der Waals surface area contributed by atoms with Crippen molar-refractivity contribution >= 4 is 17.6 Å². The van der Waals surface area contributed by atoms with Crippen LogP contribution in [0.15, 0.2) is 15.8 Å². The average Bonchev–Trinajstić information content (AvgIpc) is 2.20. The second-order valence-corrected chi connectivity index (χ2v) is 3.07. The predicted molar refractivity (Wildman–Crippen MR) is 55.7 cm³/mol. The maximum absolute atomic E-state index is 11.2. The van der Waals surface area contributed by atoms with Crippen LogP contribution in [0.4, 0.5) is 10.5 Å². The van der Waals surface area contributed by atoms with Crippen molar-refractivity contribution in [2.24, 2.45) is 5.73 Å². The number of aromatic amines is 1. The topological polar surface area (TPSA) is 170 Å². The Balaban J connectivity index is 3.10. The van der Waals surface area contributed by atoms with Gasteiger partial charge in [0.2, 0.25) is 5.91 Å². The summed E-state index contributed by atoms with van der Waals surface area (Å²) in [5.41, 5.74) is 1.55. The minimum Gasteiger partial charge on any atom is -0.351 e. The molecule has 0 atom stereocenters. The number of carbonyl (C=O) groups is 2. The zero-order chi connectivity index (χ0) is 13.9. The monoisotopic (exact) mass is 257 g/mol. The fourth-order valence-electron chi connectivity index (χ4n) is 1.08. The van der Waals surface area contributed by atoms with Crippen molar-refractivity contribution in [3.05, 3.63) is 37.1 Å². The molecule has 96 valence electrons. The Morgan fingerprint density at radius 1 is 1.50 bits per heavy atom. The fourth-order valence-corrected chi connectivity index (χ4v) is 1.08. The fraction of sp³-hybridized carbons (Fsp3) is 0.143. The van der Waals surface area contributed by atoms with E-state index in [1.54, 1.807) is 10.3 Å². The Morgan fingerprint density at radius 2 is 2.11 bits per heavy atom. The molecule has 1 rings (SSSR count). The van der Waals surface area contributed by atoms with Gasteiger partial charge in [0.15, 0.2) is 0 Å². The molecule has 0 aliphatic carbocycles. The van der Waals surface area contributed by atoms with Crippen LogP contribution in [0.1, 0.15) is 0 Å². The summed E-state index contributed by atoms with van der Waals surface area (Å²) < 4.78 is 0.567. The number of nitro groups is 1. The van der Waals surface area contributed by atoms with Crippen LogP contribution < -0.4 is 22.3 Å². The van der Waals surface area contributed by atoms with Crippen molar-refractivity contribution in [1.82, 2.24) is 14.9 Å². The highest BCUT2D eigenvalue weighted by Crippen LogP contribution is 1.98. The summed E-state index contributed by atoms with van der Waals surface area (Å²) in [5.74, 6) is -0.953. The molecule has 4 N–H and O–H groups in total. The summed E-state index contributed by atoms with van der Waals surface area (Å²) in [7, 11) is 0. The third kappa shape index (κ3) is 3.01. The SMILES string of the molecule is NC(=O)NC(=O)Cn1cc([N+](=O)[O-])c(=O)[nH]c1=O. The number of hydrogen-bond acceptors (Lipinski definition) is 6. The van der Waals surface area contributed by atoms with Gasteiger partial charge in [-0.15, -0.1) is 0 Å². The molecule has 0 radical (unpaired) electrons. The number of imide groups is 1. The summed E-state index contributed by atoms with van der Waals surface area (Å²) in [5, 5.41) is 12.1. The standard InChI is InChI=1S/C7H7N5O6/c8-6(15)9-4(13)2-11-1-3(12(17)18)5(14)10-7(11)16/h1H,2H2,(H,10,14,16)(H3,8,9,13,15). The van der Waals surface area contributed by atoms with Crippen LogP contribution in [0.3, 0.4) is 0 Å². The van der Waals surface area contributed by atoms with E-state index in [2.05, 4.69) is 5.73 Å². The minimum atomic E-state index is -1.18. The van der Waals surface area contributed by atoms with Gasteiger partial charge in [-0.25, -0.2) is 9.59 Å². The molecule has 11 heteroatoms. The van der Waals surface area contributed by atoms with Gasteiger partial charge >= 0.3 is 23.0 Å². The number of nitrogens with two attached hydrogens (primary N) is 1. The number of rotatable bonds is 3. The molecular formula is C7H7N5O6. The second-order valence-electron chi connectivity index (χ2n) is 3.07. The molecule has 0 saturated heterocycles. The van der Waals surface area contributed by atoms with Gasteiger partial charge in [0.25, 0.3) is 0 Å². The molecule has 1 aromatic heterocycles. The molecule has 0 fully saturated rings. The molecule has 11 nitrogen and oxygen atoms in total. The molecule has 1 heterocycles. The van der Waals surface area contributed by atoms with E-state index in [1.165, 1.54) is 0 Å². The number of nitrogens with zero attached hydrogens (tertiary/aromatic N) is 2. The van der Waals surface area contributed by atoms with Crippen LogP contribution in [-0.4, -0.2) is 26.4 Å². The van der Waals surface area contributed by atoms with Gasteiger partial charge in [-0.1, -0.05) is 0 Å². The largest absolute Gasteiger partial charge is 0.351 e. The number of amides is 3. The lowest BCUT2D eigenvalue weighted by atomic mass is 10.5. The quantitative estimate of drug-likeness (QED) is 0.403. The first-order chi connectivity index (χ1) is 8.31. The third-order valence-corrected chi connectivity index (χ3v) is 1.77. The second kappa shape index (κ2) is 4.90. The van der Waals surface area contributed by atoms with E-state index < -0.39 is 40.3 Å². The van der Waals surface area contributed by atoms with Crippen molar-refractivity contribution in [2.75, 3.05) is 0 Å². The highest BCUT2D eigenvalue weighted by molar-refractivity contribution is 5.93. The molecule has 3 amide bonds. The van der Waals surface area contributed by atoms with Crippen LogP contribution in [0.5, 0.6) is 0 Å². The van der Waals surface area contributed by atoms with Crippen molar-refractivity contribution in [3.8, 4) is 0 Å². The molecule has 0 bridgehead atoms. The lowest BCUT2D eigenvalue weighted by Gasteiger charge is -2.03. The number of nitrogens with one attached hydrogen (secondary N) is 2. The highest BCUT2D eigenvalue weighted by atomic mass is 16.6. The number of aromatic nitrogens is 2. The molecule has 0 spiro atoms. The van der Waals surface area contributed by atoms with Crippen molar-refractivity contribution in [1.29, 1.82) is 0 Å². The summed E-state index contributed by atoms with van der Waals surface area (Å²) in [4.78, 5) is 54.8. The van der Waals surface area contributed by atoms with Gasteiger partial charge in [0.1, 0.15) is 6.54 Å². The van der Waals surface area contributed by atoms with Gasteiger partial charge < -0.3 is 5.73 Å². The van der Waals surface area contributed by atoms with E-state index in [4.69, 9.17) is 0 Å². The lowest BCUT2D eigenvalue weighted by Crippen LogP contribution is -2.40. The number of hydrogen-bond donors (Lipinski definition) is 3. The number of H-pyrrole nitrogens is 1. The van der Waals surface area contributed by atoms with E-state index in [9.17, 15) is 29.3 Å². The Bertz CT molecular complexity index is 628. The Kier molecular flexibility index (Phi) is 3.56. The lowest BCUT2D eigenvalue weighted by molar-refractivity contribution is -0.386. The molecule has 1 aromatic rings. The molecule has 0 saturated carbocycles. The van der Waals surface area contributed by atoms with Crippen molar-refractivity contribution in [3.63, 3.8) is 0 Å². The van der Waals surface area contributed by atoms with Crippen molar-refractivity contribution < 1.29 is 14.5 Å². The molecular weight excluding hydrogens is 250 g/mol. The van der Waals surface area contributed by atoms with Gasteiger partial charge in [0, 0.05) is 0 Å². The average molecular weight is 257 g/mol. The molecule has 0 aliphatic heterocycles. The van der Waals surface area contributed by atoms with Crippen LogP contribution in [0.2, 0.25) is 0 Å². The molecule has 0 aliphatic rings. The Morgan fingerprint density at radius 3 is 2.61 bits per heavy atom. The number of urea groups is 1. The zero-order valence-corrected chi connectivity index (χ0v) is 8.71. The van der Waals surface area contributed by atoms with Gasteiger partial charge in [-0.3, -0.25) is 34.6 Å². The first-order valence-corrected chi connectivity index (χ1v) is 4.38. The van der Waals surface area contributed by atoms with Crippen molar-refractivity contribution in [2.45, 2.75) is 6.54 Å². The van der Waals surface area contributed by atoms with Crippen LogP contribution in [0.25, 0.3) is 0 Å². The Hall–Kier alpha value is -2.98. The molecule has 0 aromatic carbocycles. The van der Waals surface area contributed by atoms with Crippen LogP contribution in [0, 0.1) is 10.1 Å². The number of carbonyl (C=O) groups excluding carboxylic acids is 2. The Labute approximate surface area is 97.4 Å². The maximum Gasteiger partial charge on any atom is 0.350 e. The number of primary amides is 1. The predicted octanol–water partition coefficient (Wildman–Crippen LogP) is -2.36. The highest BCUT2D eigenvalue weighted by Gasteiger charge is 2.16. The summed E-state index contributed by atoms with van der Waals surface area (Å²) in [6.07, 6.45) is 0.599. The maximum atomic E-state index is 11.2. The van der Waals surface area contributed by atoms with Crippen LogP contribution >= 0.6 is 0 Å². The van der Waals surface area contributed by atoms with Crippen LogP contribution in [-0.2, 0) is 11.3 Å². The van der Waals surface area contributed by atoms with Gasteiger partial charge in [0.05, 0.1) is 11.1 Å². The van der Waals surface area contributed by atoms with E-state index in [0.29, 0.717) is 10.8 Å². The zero-order valence-electron chi connectivity index (χ0n) is 8.71. The molecule has 18 heavy (non-hydrogen) atoms. The van der Waals surface area contributed by atoms with E-state index in [1.807, 2.05) is 0 Å². The smallest absolute Gasteiger partial charge is 0.350 e.